The minimum Gasteiger partial charge on any atom is -0.350 e. The van der Waals surface area contributed by atoms with Crippen LogP contribution in [0.3, 0.4) is 0 Å². The SMILES string of the molecule is Cc1ccc(CNC(=O)C(C)n2ccc3cc(S(=O)(=O)N4CCCCCC4)ccc32)cc1. The topological polar surface area (TPSA) is 71.4 Å². The first kappa shape index (κ1) is 22.6. The van der Waals surface area contributed by atoms with Gasteiger partial charge in [0.25, 0.3) is 0 Å². The Balaban J connectivity index is 1.50. The lowest BCUT2D eigenvalue weighted by Crippen LogP contribution is -2.32. The molecule has 2 aromatic carbocycles. The van der Waals surface area contributed by atoms with Crippen LogP contribution in [0.4, 0.5) is 0 Å². The highest BCUT2D eigenvalue weighted by Crippen LogP contribution is 2.26. The number of hydrogen-bond donors (Lipinski definition) is 1. The van der Waals surface area contributed by atoms with Crippen LogP contribution < -0.4 is 5.32 Å². The largest absolute Gasteiger partial charge is 0.350 e. The summed E-state index contributed by atoms with van der Waals surface area (Å²) in [7, 11) is -3.50. The van der Waals surface area contributed by atoms with E-state index in [0.717, 1.165) is 42.1 Å². The summed E-state index contributed by atoms with van der Waals surface area (Å²) >= 11 is 0. The Morgan fingerprint density at radius 1 is 1.00 bits per heavy atom. The van der Waals surface area contributed by atoms with Gasteiger partial charge in [0, 0.05) is 36.7 Å². The molecule has 6 nitrogen and oxygen atoms in total. The monoisotopic (exact) mass is 453 g/mol. The van der Waals surface area contributed by atoms with Gasteiger partial charge in [0.15, 0.2) is 0 Å². The van der Waals surface area contributed by atoms with E-state index in [1.807, 2.05) is 61.0 Å². The Kier molecular flexibility index (Phi) is 6.67. The molecule has 170 valence electrons. The zero-order chi connectivity index (χ0) is 22.7. The van der Waals surface area contributed by atoms with Gasteiger partial charge in [-0.2, -0.15) is 4.31 Å². The van der Waals surface area contributed by atoms with Crippen LogP contribution in [0.1, 0.15) is 49.8 Å². The highest BCUT2D eigenvalue weighted by Gasteiger charge is 2.26. The lowest BCUT2D eigenvalue weighted by molar-refractivity contribution is -0.123. The summed E-state index contributed by atoms with van der Waals surface area (Å²) in [6, 6.07) is 14.7. The number of nitrogens with one attached hydrogen (secondary N) is 1. The standard InChI is InChI=1S/C25H31N3O3S/c1-19-7-9-21(10-8-19)18-26-25(29)20(2)28-16-13-22-17-23(11-12-24(22)28)32(30,31)27-14-5-3-4-6-15-27/h7-13,16-17,20H,3-6,14-15,18H2,1-2H3,(H,26,29). The molecule has 4 rings (SSSR count). The minimum absolute atomic E-state index is 0.0793. The van der Waals surface area contributed by atoms with Gasteiger partial charge in [0.05, 0.1) is 4.90 Å². The average molecular weight is 454 g/mol. The number of nitrogens with zero attached hydrogens (tertiary/aromatic N) is 2. The van der Waals surface area contributed by atoms with Gasteiger partial charge in [0.1, 0.15) is 6.04 Å². The summed E-state index contributed by atoms with van der Waals surface area (Å²) in [6.07, 6.45) is 5.83. The second-order valence-corrected chi connectivity index (χ2v) is 10.6. The van der Waals surface area contributed by atoms with Crippen molar-refractivity contribution >= 4 is 26.8 Å². The van der Waals surface area contributed by atoms with Crippen molar-refractivity contribution in [3.05, 3.63) is 65.9 Å². The molecule has 0 aliphatic carbocycles. The Morgan fingerprint density at radius 3 is 2.38 bits per heavy atom. The lowest BCUT2D eigenvalue weighted by Gasteiger charge is -2.20. The van der Waals surface area contributed by atoms with E-state index in [4.69, 9.17) is 0 Å². The van der Waals surface area contributed by atoms with E-state index in [-0.39, 0.29) is 5.91 Å². The molecule has 32 heavy (non-hydrogen) atoms. The van der Waals surface area contributed by atoms with Crippen molar-refractivity contribution in [2.24, 2.45) is 0 Å². The molecular formula is C25H31N3O3S. The molecule has 0 radical (unpaired) electrons. The molecule has 1 fully saturated rings. The Labute approximate surface area is 190 Å². The van der Waals surface area contributed by atoms with Crippen molar-refractivity contribution in [1.82, 2.24) is 14.2 Å². The minimum atomic E-state index is -3.50. The zero-order valence-electron chi connectivity index (χ0n) is 18.8. The predicted octanol–water partition coefficient (Wildman–Crippen LogP) is 4.39. The maximum absolute atomic E-state index is 13.1. The molecule has 3 aromatic rings. The van der Waals surface area contributed by atoms with Crippen molar-refractivity contribution in [2.75, 3.05) is 13.1 Å². The van der Waals surface area contributed by atoms with Gasteiger partial charge in [-0.15, -0.1) is 0 Å². The molecule has 1 unspecified atom stereocenters. The van der Waals surface area contributed by atoms with E-state index in [9.17, 15) is 13.2 Å². The third-order valence-electron chi connectivity index (χ3n) is 6.28. The fourth-order valence-electron chi connectivity index (χ4n) is 4.24. The summed E-state index contributed by atoms with van der Waals surface area (Å²) < 4.78 is 29.8. The first-order valence-electron chi connectivity index (χ1n) is 11.3. The number of hydrogen-bond acceptors (Lipinski definition) is 3. The van der Waals surface area contributed by atoms with Gasteiger partial charge >= 0.3 is 0 Å². The van der Waals surface area contributed by atoms with Crippen molar-refractivity contribution < 1.29 is 13.2 Å². The van der Waals surface area contributed by atoms with Crippen LogP contribution in [0.5, 0.6) is 0 Å². The quantitative estimate of drug-likeness (QED) is 0.602. The van der Waals surface area contributed by atoms with Crippen LogP contribution in [-0.4, -0.2) is 36.3 Å². The van der Waals surface area contributed by atoms with Crippen LogP contribution in [0.25, 0.3) is 10.9 Å². The second-order valence-electron chi connectivity index (χ2n) is 8.64. The van der Waals surface area contributed by atoms with Crippen molar-refractivity contribution in [3.63, 3.8) is 0 Å². The summed E-state index contributed by atoms with van der Waals surface area (Å²) in [5.41, 5.74) is 3.08. The molecule has 0 bridgehead atoms. The first-order valence-corrected chi connectivity index (χ1v) is 12.7. The number of sulfonamides is 1. The molecule has 0 saturated carbocycles. The van der Waals surface area contributed by atoms with Gasteiger partial charge in [-0.1, -0.05) is 42.7 Å². The number of fused-ring (bicyclic) bond motifs is 1. The van der Waals surface area contributed by atoms with E-state index >= 15 is 0 Å². The normalized spacial score (nSPS) is 16.6. The predicted molar refractivity (Wildman–Crippen MR) is 127 cm³/mol. The van der Waals surface area contributed by atoms with E-state index in [1.54, 1.807) is 16.4 Å². The molecule has 1 N–H and O–H groups in total. The number of aryl methyl sites for hydroxylation is 1. The molecular weight excluding hydrogens is 422 g/mol. The maximum atomic E-state index is 13.1. The molecule has 1 aromatic heterocycles. The smallest absolute Gasteiger partial charge is 0.243 e. The maximum Gasteiger partial charge on any atom is 0.243 e. The van der Waals surface area contributed by atoms with Crippen LogP contribution in [0.2, 0.25) is 0 Å². The second kappa shape index (κ2) is 9.46. The summed E-state index contributed by atoms with van der Waals surface area (Å²) in [4.78, 5) is 13.1. The molecule has 1 aliphatic rings. The number of benzene rings is 2. The Hall–Kier alpha value is -2.64. The van der Waals surface area contributed by atoms with Crippen LogP contribution in [0.15, 0.2) is 59.6 Å². The van der Waals surface area contributed by atoms with E-state index in [1.165, 1.54) is 5.56 Å². The van der Waals surface area contributed by atoms with E-state index in [2.05, 4.69) is 5.32 Å². The Morgan fingerprint density at radius 2 is 1.69 bits per heavy atom. The fourth-order valence-corrected chi connectivity index (χ4v) is 5.79. The summed E-state index contributed by atoms with van der Waals surface area (Å²) in [6.45, 7) is 5.53. The van der Waals surface area contributed by atoms with Crippen molar-refractivity contribution in [3.8, 4) is 0 Å². The summed E-state index contributed by atoms with van der Waals surface area (Å²) in [5.74, 6) is -0.0793. The molecule has 1 saturated heterocycles. The van der Waals surface area contributed by atoms with E-state index in [0.29, 0.717) is 24.5 Å². The zero-order valence-corrected chi connectivity index (χ0v) is 19.6. The number of rotatable bonds is 6. The number of aromatic nitrogens is 1. The molecule has 7 heteroatoms. The van der Waals surface area contributed by atoms with Gasteiger partial charge < -0.3 is 9.88 Å². The van der Waals surface area contributed by atoms with Crippen molar-refractivity contribution in [1.29, 1.82) is 0 Å². The average Bonchev–Trinajstić information content (AvgIpc) is 3.01. The number of carbonyl (C=O) groups excluding carboxylic acids is 1. The lowest BCUT2D eigenvalue weighted by atomic mass is 10.1. The molecule has 1 amide bonds. The number of amides is 1. The molecule has 0 spiro atoms. The molecule has 1 atom stereocenters. The van der Waals surface area contributed by atoms with Crippen LogP contribution >= 0.6 is 0 Å². The van der Waals surface area contributed by atoms with Crippen molar-refractivity contribution in [2.45, 2.75) is 57.0 Å². The van der Waals surface area contributed by atoms with Gasteiger partial charge in [0.2, 0.25) is 15.9 Å². The molecule has 1 aliphatic heterocycles. The van der Waals surface area contributed by atoms with E-state index < -0.39 is 16.1 Å². The van der Waals surface area contributed by atoms with Gasteiger partial charge in [-0.05, 0) is 56.5 Å². The Bertz CT molecular complexity index is 1190. The highest BCUT2D eigenvalue weighted by molar-refractivity contribution is 7.89. The van der Waals surface area contributed by atoms with Crippen LogP contribution in [0, 0.1) is 6.92 Å². The highest BCUT2D eigenvalue weighted by atomic mass is 32.2. The van der Waals surface area contributed by atoms with Gasteiger partial charge in [-0.25, -0.2) is 8.42 Å². The number of carbonyl (C=O) groups is 1. The van der Waals surface area contributed by atoms with Crippen LogP contribution in [-0.2, 0) is 21.4 Å². The fraction of sp³-hybridized carbons (Fsp3) is 0.400. The third-order valence-corrected chi connectivity index (χ3v) is 8.17. The van der Waals surface area contributed by atoms with Gasteiger partial charge in [-0.3, -0.25) is 4.79 Å². The molecule has 2 heterocycles. The summed E-state index contributed by atoms with van der Waals surface area (Å²) in [5, 5.41) is 3.81. The third kappa shape index (κ3) is 4.74. The first-order chi connectivity index (χ1) is 15.4.